The van der Waals surface area contributed by atoms with Crippen LogP contribution in [0, 0.1) is 16.1 Å². The van der Waals surface area contributed by atoms with E-state index in [0.717, 1.165) is 0 Å². The highest BCUT2D eigenvalue weighted by Crippen LogP contribution is 2.20. The summed E-state index contributed by atoms with van der Waals surface area (Å²) in [5, 5.41) is 10.1. The fourth-order valence-electron chi connectivity index (χ4n) is 0.807. The number of halogens is 3. The van der Waals surface area contributed by atoms with Gasteiger partial charge >= 0.3 is 5.69 Å². The summed E-state index contributed by atoms with van der Waals surface area (Å²) >= 11 is 0. The Bertz CT molecular complexity index is 429. The Hall–Kier alpha value is -1.86. The lowest BCUT2D eigenvalue weighted by Gasteiger charge is -1.98. The minimum Gasteiger partial charge on any atom is -0.293 e. The standard InChI is InChI=1S/C6H3F3N2O3/c7-4(8)2-1-3(11(13)14)5(9)10-6(2)12/h1,4H,(H,10,12). The van der Waals surface area contributed by atoms with Gasteiger partial charge in [-0.3, -0.25) is 19.9 Å². The first kappa shape index (κ1) is 10.2. The van der Waals surface area contributed by atoms with Gasteiger partial charge in [-0.25, -0.2) is 8.78 Å². The van der Waals surface area contributed by atoms with Crippen molar-refractivity contribution in [1.82, 2.24) is 4.98 Å². The number of alkyl halides is 2. The van der Waals surface area contributed by atoms with Crippen molar-refractivity contribution >= 4 is 5.69 Å². The number of rotatable bonds is 2. The third kappa shape index (κ3) is 1.73. The van der Waals surface area contributed by atoms with E-state index in [1.807, 2.05) is 0 Å². The van der Waals surface area contributed by atoms with E-state index < -0.39 is 34.1 Å². The average molecular weight is 208 g/mol. The number of H-pyrrole nitrogens is 1. The molecule has 0 radical (unpaired) electrons. The van der Waals surface area contributed by atoms with E-state index in [1.165, 1.54) is 4.98 Å². The van der Waals surface area contributed by atoms with Crippen molar-refractivity contribution in [2.75, 3.05) is 0 Å². The Morgan fingerprint density at radius 2 is 2.07 bits per heavy atom. The van der Waals surface area contributed by atoms with Crippen LogP contribution in [0.5, 0.6) is 0 Å². The highest BCUT2D eigenvalue weighted by molar-refractivity contribution is 5.32. The second kappa shape index (κ2) is 3.48. The Morgan fingerprint density at radius 3 is 2.50 bits per heavy atom. The van der Waals surface area contributed by atoms with Crippen molar-refractivity contribution in [3.05, 3.63) is 38.0 Å². The topological polar surface area (TPSA) is 76.0 Å². The van der Waals surface area contributed by atoms with Crippen LogP contribution in [-0.2, 0) is 0 Å². The number of hydrogen-bond acceptors (Lipinski definition) is 3. The number of aromatic amines is 1. The molecule has 0 saturated heterocycles. The summed E-state index contributed by atoms with van der Waals surface area (Å²) in [4.78, 5) is 20.9. The predicted molar refractivity (Wildman–Crippen MR) is 38.6 cm³/mol. The van der Waals surface area contributed by atoms with Crippen molar-refractivity contribution in [1.29, 1.82) is 0 Å². The van der Waals surface area contributed by atoms with Crippen LogP contribution >= 0.6 is 0 Å². The highest BCUT2D eigenvalue weighted by atomic mass is 19.3. The molecule has 0 amide bonds. The Kier molecular flexibility index (Phi) is 2.54. The molecule has 0 aliphatic rings. The second-order valence-corrected chi connectivity index (χ2v) is 2.31. The molecule has 0 atom stereocenters. The van der Waals surface area contributed by atoms with E-state index in [1.54, 1.807) is 0 Å². The summed E-state index contributed by atoms with van der Waals surface area (Å²) in [5.74, 6) is -1.54. The van der Waals surface area contributed by atoms with E-state index in [2.05, 4.69) is 0 Å². The number of nitro groups is 1. The van der Waals surface area contributed by atoms with Crippen LogP contribution in [0.4, 0.5) is 18.9 Å². The van der Waals surface area contributed by atoms with Crippen LogP contribution in [0.1, 0.15) is 12.0 Å². The van der Waals surface area contributed by atoms with Crippen LogP contribution in [0.2, 0.25) is 0 Å². The summed E-state index contributed by atoms with van der Waals surface area (Å²) in [7, 11) is 0. The van der Waals surface area contributed by atoms with Crippen molar-refractivity contribution < 1.29 is 18.1 Å². The molecule has 0 unspecified atom stereocenters. The highest BCUT2D eigenvalue weighted by Gasteiger charge is 2.22. The number of hydrogen-bond donors (Lipinski definition) is 1. The lowest BCUT2D eigenvalue weighted by molar-refractivity contribution is -0.388. The molecule has 0 saturated carbocycles. The van der Waals surface area contributed by atoms with Gasteiger partial charge in [0.05, 0.1) is 10.5 Å². The lowest BCUT2D eigenvalue weighted by atomic mass is 10.2. The van der Waals surface area contributed by atoms with E-state index in [4.69, 9.17) is 0 Å². The van der Waals surface area contributed by atoms with Crippen LogP contribution in [0.15, 0.2) is 10.9 Å². The first-order valence-corrected chi connectivity index (χ1v) is 3.28. The second-order valence-electron chi connectivity index (χ2n) is 2.31. The molecule has 5 nitrogen and oxygen atoms in total. The fraction of sp³-hybridized carbons (Fsp3) is 0.167. The number of aromatic nitrogens is 1. The third-order valence-corrected chi connectivity index (χ3v) is 1.43. The minimum atomic E-state index is -3.18. The quantitative estimate of drug-likeness (QED) is 0.452. The van der Waals surface area contributed by atoms with Gasteiger partial charge in [0.25, 0.3) is 17.9 Å². The van der Waals surface area contributed by atoms with Crippen LogP contribution < -0.4 is 5.56 Å². The van der Waals surface area contributed by atoms with Crippen LogP contribution in [0.3, 0.4) is 0 Å². The zero-order valence-corrected chi connectivity index (χ0v) is 6.46. The average Bonchev–Trinajstić information content (AvgIpc) is 2.02. The van der Waals surface area contributed by atoms with E-state index in [0.29, 0.717) is 0 Å². The molecule has 1 aromatic rings. The van der Waals surface area contributed by atoms with Gasteiger partial charge in [-0.05, 0) is 0 Å². The van der Waals surface area contributed by atoms with Gasteiger partial charge in [-0.1, -0.05) is 0 Å². The van der Waals surface area contributed by atoms with Gasteiger partial charge in [0.1, 0.15) is 0 Å². The molecule has 0 spiro atoms. The molecule has 1 rings (SSSR count). The van der Waals surface area contributed by atoms with Gasteiger partial charge in [0.2, 0.25) is 0 Å². The molecule has 8 heteroatoms. The largest absolute Gasteiger partial charge is 0.322 e. The van der Waals surface area contributed by atoms with Gasteiger partial charge < -0.3 is 0 Å². The molecule has 0 bridgehead atoms. The molecule has 1 N–H and O–H groups in total. The van der Waals surface area contributed by atoms with Gasteiger partial charge in [0, 0.05) is 6.07 Å². The first-order valence-electron chi connectivity index (χ1n) is 3.28. The van der Waals surface area contributed by atoms with Crippen molar-refractivity contribution in [3.63, 3.8) is 0 Å². The summed E-state index contributed by atoms with van der Waals surface area (Å²) in [5.41, 5.74) is -3.68. The summed E-state index contributed by atoms with van der Waals surface area (Å²) in [6.45, 7) is 0. The Balaban J connectivity index is 3.42. The molecule has 1 heterocycles. The maximum absolute atomic E-state index is 12.6. The number of pyridine rings is 1. The van der Waals surface area contributed by atoms with E-state index in [9.17, 15) is 28.1 Å². The summed E-state index contributed by atoms with van der Waals surface area (Å²) in [6, 6.07) is 0.221. The summed E-state index contributed by atoms with van der Waals surface area (Å²) in [6.07, 6.45) is -3.18. The maximum Gasteiger partial charge on any atom is 0.322 e. The monoisotopic (exact) mass is 208 g/mol. The zero-order valence-electron chi connectivity index (χ0n) is 6.46. The minimum absolute atomic E-state index is 0.221. The fourth-order valence-corrected chi connectivity index (χ4v) is 0.807. The smallest absolute Gasteiger partial charge is 0.293 e. The van der Waals surface area contributed by atoms with Crippen molar-refractivity contribution in [2.24, 2.45) is 0 Å². The first-order chi connectivity index (χ1) is 6.43. The van der Waals surface area contributed by atoms with Crippen LogP contribution in [0.25, 0.3) is 0 Å². The third-order valence-electron chi connectivity index (χ3n) is 1.43. The van der Waals surface area contributed by atoms with Gasteiger partial charge in [-0.2, -0.15) is 4.39 Å². The SMILES string of the molecule is O=c1[nH]c(F)c([N+](=O)[O-])cc1C(F)F. The molecule has 1 aromatic heterocycles. The molecule has 0 aliphatic heterocycles. The predicted octanol–water partition coefficient (Wildman–Crippen LogP) is 1.36. The molecule has 0 aromatic carbocycles. The lowest BCUT2D eigenvalue weighted by Crippen LogP contribution is -2.15. The Morgan fingerprint density at radius 1 is 1.50 bits per heavy atom. The zero-order chi connectivity index (χ0) is 10.9. The summed E-state index contributed by atoms with van der Waals surface area (Å²) < 4.78 is 36.7. The molecule has 76 valence electrons. The van der Waals surface area contributed by atoms with Gasteiger partial charge in [0.15, 0.2) is 0 Å². The molecule has 0 aliphatic carbocycles. The molecule has 14 heavy (non-hydrogen) atoms. The van der Waals surface area contributed by atoms with Crippen LogP contribution in [-0.4, -0.2) is 9.91 Å². The normalized spacial score (nSPS) is 10.6. The number of nitrogens with zero attached hydrogens (tertiary/aromatic N) is 1. The van der Waals surface area contributed by atoms with Crippen molar-refractivity contribution in [2.45, 2.75) is 6.43 Å². The Labute approximate surface area is 74.3 Å². The van der Waals surface area contributed by atoms with Gasteiger partial charge in [-0.15, -0.1) is 0 Å². The molecule has 0 fully saturated rings. The maximum atomic E-state index is 12.6. The molecular formula is C6H3F3N2O3. The van der Waals surface area contributed by atoms with E-state index >= 15 is 0 Å². The van der Waals surface area contributed by atoms with E-state index in [-0.39, 0.29) is 6.07 Å². The van der Waals surface area contributed by atoms with Crippen molar-refractivity contribution in [3.8, 4) is 0 Å². The molecular weight excluding hydrogens is 205 g/mol. The number of nitrogens with one attached hydrogen (secondary N) is 1.